The highest BCUT2D eigenvalue weighted by Crippen LogP contribution is 2.16. The maximum absolute atomic E-state index is 11.9. The molecule has 0 saturated carbocycles. The van der Waals surface area contributed by atoms with Crippen molar-refractivity contribution >= 4 is 6.09 Å². The summed E-state index contributed by atoms with van der Waals surface area (Å²) in [6, 6.07) is 9.98. The predicted molar refractivity (Wildman–Crippen MR) is 77.1 cm³/mol. The molecule has 1 amide bonds. The Balaban J connectivity index is 1.79. The van der Waals surface area contributed by atoms with Gasteiger partial charge in [-0.2, -0.15) is 0 Å². The SMILES string of the molecule is CC(C)(C)OC(=O)N1C=CC(OCc2ccccc2)C1. The van der Waals surface area contributed by atoms with Crippen molar-refractivity contribution in [3.8, 4) is 0 Å². The molecule has 0 saturated heterocycles. The molecule has 1 aliphatic rings. The number of ether oxygens (including phenoxy) is 2. The van der Waals surface area contributed by atoms with E-state index in [-0.39, 0.29) is 12.2 Å². The zero-order valence-corrected chi connectivity index (χ0v) is 12.2. The van der Waals surface area contributed by atoms with Crippen molar-refractivity contribution in [2.45, 2.75) is 39.1 Å². The highest BCUT2D eigenvalue weighted by atomic mass is 16.6. The van der Waals surface area contributed by atoms with Crippen molar-refractivity contribution < 1.29 is 14.3 Å². The topological polar surface area (TPSA) is 38.8 Å². The molecule has 1 aromatic rings. The molecule has 1 aromatic carbocycles. The quantitative estimate of drug-likeness (QED) is 0.849. The monoisotopic (exact) mass is 275 g/mol. The van der Waals surface area contributed by atoms with Crippen molar-refractivity contribution in [2.24, 2.45) is 0 Å². The summed E-state index contributed by atoms with van der Waals surface area (Å²) in [6.45, 7) is 6.61. The molecule has 4 heteroatoms. The van der Waals surface area contributed by atoms with Crippen molar-refractivity contribution in [2.75, 3.05) is 6.54 Å². The first-order chi connectivity index (χ1) is 9.44. The fourth-order valence-corrected chi connectivity index (χ4v) is 1.86. The van der Waals surface area contributed by atoms with E-state index in [1.54, 1.807) is 11.1 Å². The summed E-state index contributed by atoms with van der Waals surface area (Å²) in [5, 5.41) is 0. The van der Waals surface area contributed by atoms with Gasteiger partial charge in [0.15, 0.2) is 0 Å². The molecule has 0 fully saturated rings. The van der Waals surface area contributed by atoms with Crippen molar-refractivity contribution in [3.05, 3.63) is 48.2 Å². The lowest BCUT2D eigenvalue weighted by atomic mass is 10.2. The summed E-state index contributed by atoms with van der Waals surface area (Å²) < 4.78 is 11.1. The second-order valence-corrected chi connectivity index (χ2v) is 5.81. The summed E-state index contributed by atoms with van der Waals surface area (Å²) in [5.41, 5.74) is 0.644. The molecule has 20 heavy (non-hydrogen) atoms. The second-order valence-electron chi connectivity index (χ2n) is 5.81. The fourth-order valence-electron chi connectivity index (χ4n) is 1.86. The van der Waals surface area contributed by atoms with E-state index in [1.807, 2.05) is 57.2 Å². The first-order valence-electron chi connectivity index (χ1n) is 6.77. The Morgan fingerprint density at radius 3 is 2.65 bits per heavy atom. The van der Waals surface area contributed by atoms with Crippen LogP contribution in [0.4, 0.5) is 4.79 Å². The zero-order valence-electron chi connectivity index (χ0n) is 12.2. The van der Waals surface area contributed by atoms with E-state index in [0.717, 1.165) is 5.56 Å². The van der Waals surface area contributed by atoms with Crippen LogP contribution in [0.2, 0.25) is 0 Å². The minimum Gasteiger partial charge on any atom is -0.443 e. The standard InChI is InChI=1S/C16H21NO3/c1-16(2,3)20-15(18)17-10-9-14(11-17)19-12-13-7-5-4-6-8-13/h4-10,14H,11-12H2,1-3H3. The lowest BCUT2D eigenvalue weighted by Gasteiger charge is -2.24. The van der Waals surface area contributed by atoms with Gasteiger partial charge in [0.2, 0.25) is 0 Å². The van der Waals surface area contributed by atoms with Crippen LogP contribution >= 0.6 is 0 Å². The number of nitrogens with zero attached hydrogens (tertiary/aromatic N) is 1. The van der Waals surface area contributed by atoms with Crippen LogP contribution in [0.15, 0.2) is 42.6 Å². The molecule has 0 aromatic heterocycles. The van der Waals surface area contributed by atoms with E-state index < -0.39 is 5.60 Å². The largest absolute Gasteiger partial charge is 0.443 e. The minimum absolute atomic E-state index is 0.0808. The van der Waals surface area contributed by atoms with E-state index in [0.29, 0.717) is 13.2 Å². The van der Waals surface area contributed by atoms with Crippen LogP contribution in [0.3, 0.4) is 0 Å². The van der Waals surface area contributed by atoms with Crippen LogP contribution in [0.1, 0.15) is 26.3 Å². The molecular formula is C16H21NO3. The highest BCUT2D eigenvalue weighted by molar-refractivity contribution is 5.70. The van der Waals surface area contributed by atoms with Gasteiger partial charge < -0.3 is 9.47 Å². The van der Waals surface area contributed by atoms with Crippen LogP contribution in [0, 0.1) is 0 Å². The summed E-state index contributed by atoms with van der Waals surface area (Å²) in [6.07, 6.45) is 3.19. The van der Waals surface area contributed by atoms with Gasteiger partial charge in [0.25, 0.3) is 0 Å². The van der Waals surface area contributed by atoms with Gasteiger partial charge in [-0.05, 0) is 32.4 Å². The lowest BCUT2D eigenvalue weighted by molar-refractivity contribution is 0.0225. The van der Waals surface area contributed by atoms with Gasteiger partial charge in [-0.1, -0.05) is 30.3 Å². The number of amides is 1. The average Bonchev–Trinajstić information content (AvgIpc) is 2.84. The van der Waals surface area contributed by atoms with Crippen LogP contribution in [0.25, 0.3) is 0 Å². The number of hydrogen-bond donors (Lipinski definition) is 0. The minimum atomic E-state index is -0.478. The molecule has 0 radical (unpaired) electrons. The number of hydrogen-bond acceptors (Lipinski definition) is 3. The molecule has 1 unspecified atom stereocenters. The average molecular weight is 275 g/mol. The first-order valence-corrected chi connectivity index (χ1v) is 6.77. The maximum Gasteiger partial charge on any atom is 0.414 e. The van der Waals surface area contributed by atoms with Gasteiger partial charge in [-0.15, -0.1) is 0 Å². The third kappa shape index (κ3) is 4.38. The van der Waals surface area contributed by atoms with E-state index >= 15 is 0 Å². The summed E-state index contributed by atoms with van der Waals surface area (Å²) in [7, 11) is 0. The molecule has 1 atom stereocenters. The summed E-state index contributed by atoms with van der Waals surface area (Å²) in [4.78, 5) is 13.4. The van der Waals surface area contributed by atoms with Gasteiger partial charge in [0.05, 0.1) is 19.3 Å². The van der Waals surface area contributed by atoms with E-state index in [2.05, 4.69) is 0 Å². The second kappa shape index (κ2) is 6.09. The van der Waals surface area contributed by atoms with Crippen LogP contribution in [-0.4, -0.2) is 29.2 Å². The Hall–Kier alpha value is -1.81. The van der Waals surface area contributed by atoms with E-state index in [4.69, 9.17) is 9.47 Å². The summed E-state index contributed by atoms with van der Waals surface area (Å²) >= 11 is 0. The Morgan fingerprint density at radius 1 is 1.30 bits per heavy atom. The van der Waals surface area contributed by atoms with Gasteiger partial charge in [0, 0.05) is 6.20 Å². The third-order valence-electron chi connectivity index (χ3n) is 2.79. The molecule has 108 valence electrons. The number of carbonyl (C=O) groups excluding carboxylic acids is 1. The van der Waals surface area contributed by atoms with Crippen molar-refractivity contribution in [1.82, 2.24) is 4.90 Å². The smallest absolute Gasteiger partial charge is 0.414 e. The van der Waals surface area contributed by atoms with Gasteiger partial charge >= 0.3 is 6.09 Å². The molecule has 1 aliphatic heterocycles. The number of carbonyl (C=O) groups is 1. The van der Waals surface area contributed by atoms with E-state index in [9.17, 15) is 4.79 Å². The number of rotatable bonds is 3. The van der Waals surface area contributed by atoms with Gasteiger partial charge in [0.1, 0.15) is 5.60 Å². The van der Waals surface area contributed by atoms with Gasteiger partial charge in [-0.3, -0.25) is 4.90 Å². The van der Waals surface area contributed by atoms with Gasteiger partial charge in [-0.25, -0.2) is 4.79 Å². The molecule has 0 spiro atoms. The van der Waals surface area contributed by atoms with Crippen LogP contribution in [0.5, 0.6) is 0 Å². The molecular weight excluding hydrogens is 254 g/mol. The zero-order chi connectivity index (χ0) is 14.6. The maximum atomic E-state index is 11.9. The van der Waals surface area contributed by atoms with Crippen LogP contribution < -0.4 is 0 Å². The Morgan fingerprint density at radius 2 is 2.00 bits per heavy atom. The molecule has 1 heterocycles. The number of benzene rings is 1. The normalized spacial score (nSPS) is 18.4. The third-order valence-corrected chi connectivity index (χ3v) is 2.79. The fraction of sp³-hybridized carbons (Fsp3) is 0.438. The first kappa shape index (κ1) is 14.6. The molecule has 0 N–H and O–H groups in total. The molecule has 0 aliphatic carbocycles. The van der Waals surface area contributed by atoms with Crippen LogP contribution in [-0.2, 0) is 16.1 Å². The highest BCUT2D eigenvalue weighted by Gasteiger charge is 2.26. The van der Waals surface area contributed by atoms with Crippen molar-refractivity contribution in [1.29, 1.82) is 0 Å². The predicted octanol–water partition coefficient (Wildman–Crippen LogP) is 3.34. The molecule has 4 nitrogen and oxygen atoms in total. The summed E-state index contributed by atoms with van der Waals surface area (Å²) in [5.74, 6) is 0. The lowest BCUT2D eigenvalue weighted by Crippen LogP contribution is -2.34. The Bertz CT molecular complexity index is 476. The Labute approximate surface area is 120 Å². The Kier molecular flexibility index (Phi) is 4.45. The molecule has 2 rings (SSSR count). The molecule has 0 bridgehead atoms. The van der Waals surface area contributed by atoms with E-state index in [1.165, 1.54) is 0 Å². The van der Waals surface area contributed by atoms with Crippen molar-refractivity contribution in [3.63, 3.8) is 0 Å².